The number of hydrogen-bond acceptors (Lipinski definition) is 5. The predicted octanol–water partition coefficient (Wildman–Crippen LogP) is 2.63. The van der Waals surface area contributed by atoms with Crippen LogP contribution < -0.4 is 10.1 Å². The summed E-state index contributed by atoms with van der Waals surface area (Å²) in [5.41, 5.74) is 1.93. The monoisotopic (exact) mass is 418 g/mol. The van der Waals surface area contributed by atoms with Crippen molar-refractivity contribution in [1.29, 1.82) is 0 Å². The topological polar surface area (TPSA) is 99.1 Å². The molecule has 1 aromatic rings. The van der Waals surface area contributed by atoms with E-state index in [9.17, 15) is 14.7 Å². The van der Waals surface area contributed by atoms with Crippen LogP contribution in [0.5, 0.6) is 5.75 Å². The summed E-state index contributed by atoms with van der Waals surface area (Å²) in [6.45, 7) is 0.669. The van der Waals surface area contributed by atoms with E-state index in [2.05, 4.69) is 5.32 Å². The van der Waals surface area contributed by atoms with Gasteiger partial charge in [-0.25, -0.2) is 0 Å². The van der Waals surface area contributed by atoms with Crippen molar-refractivity contribution in [3.63, 3.8) is 0 Å². The third-order valence-corrected chi connectivity index (χ3v) is 6.03. The summed E-state index contributed by atoms with van der Waals surface area (Å²) >= 11 is 0. The number of hydrogen-bond donors (Lipinski definition) is 3. The number of aliphatic hydroxyl groups excluding tert-OH is 2. The number of benzene rings is 1. The summed E-state index contributed by atoms with van der Waals surface area (Å²) in [4.78, 5) is 26.2. The summed E-state index contributed by atoms with van der Waals surface area (Å²) in [6, 6.07) is 5.91. The molecule has 1 unspecified atom stereocenters. The van der Waals surface area contributed by atoms with E-state index < -0.39 is 6.10 Å². The third kappa shape index (κ3) is 6.44. The van der Waals surface area contributed by atoms with E-state index in [1.54, 1.807) is 0 Å². The Hall–Kier alpha value is -2.12. The Kier molecular flexibility index (Phi) is 8.51. The summed E-state index contributed by atoms with van der Waals surface area (Å²) in [5, 5.41) is 21.6. The normalized spacial score (nSPS) is 17.7. The number of nitrogens with zero attached hydrogens (tertiary/aromatic N) is 1. The molecule has 1 heterocycles. The number of carbonyl (C=O) groups is 2. The molecule has 3 N–H and O–H groups in total. The molecule has 3 rings (SSSR count). The zero-order chi connectivity index (χ0) is 21.3. The summed E-state index contributed by atoms with van der Waals surface area (Å²) in [5.74, 6) is 0.903. The van der Waals surface area contributed by atoms with Crippen molar-refractivity contribution >= 4 is 17.5 Å². The van der Waals surface area contributed by atoms with Gasteiger partial charge < -0.3 is 25.2 Å². The molecule has 2 amide bonds. The molecule has 1 aromatic carbocycles. The fraction of sp³-hybridized carbons (Fsp3) is 0.652. The maximum Gasteiger partial charge on any atom is 0.224 e. The number of nitrogens with one attached hydrogen (secondary N) is 1. The number of aliphatic hydroxyl groups is 2. The molecule has 0 radical (unpaired) electrons. The minimum atomic E-state index is -0.777. The van der Waals surface area contributed by atoms with Crippen LogP contribution in [0.15, 0.2) is 18.2 Å². The highest BCUT2D eigenvalue weighted by molar-refractivity contribution is 5.94. The van der Waals surface area contributed by atoms with Crippen molar-refractivity contribution in [2.75, 3.05) is 25.1 Å². The van der Waals surface area contributed by atoms with Gasteiger partial charge in [-0.3, -0.25) is 9.59 Å². The fourth-order valence-electron chi connectivity index (χ4n) is 4.29. The zero-order valence-corrected chi connectivity index (χ0v) is 17.6. The molecule has 7 nitrogen and oxygen atoms in total. The van der Waals surface area contributed by atoms with Gasteiger partial charge in [-0.2, -0.15) is 0 Å². The Bertz CT molecular complexity index is 718. The number of anilines is 1. The van der Waals surface area contributed by atoms with E-state index in [4.69, 9.17) is 9.84 Å². The van der Waals surface area contributed by atoms with Gasteiger partial charge in [0, 0.05) is 31.1 Å². The number of carbonyl (C=O) groups excluding carboxylic acids is 2. The molecule has 0 aromatic heterocycles. The molecule has 7 heteroatoms. The van der Waals surface area contributed by atoms with Crippen molar-refractivity contribution in [2.45, 2.75) is 76.4 Å². The first-order valence-electron chi connectivity index (χ1n) is 11.2. The molecule has 1 fully saturated rings. The van der Waals surface area contributed by atoms with Gasteiger partial charge >= 0.3 is 0 Å². The first kappa shape index (κ1) is 22.6. The van der Waals surface area contributed by atoms with Gasteiger partial charge in [0.15, 0.2) is 0 Å². The van der Waals surface area contributed by atoms with Crippen LogP contribution in [0.3, 0.4) is 0 Å². The first-order valence-corrected chi connectivity index (χ1v) is 11.2. The highest BCUT2D eigenvalue weighted by atomic mass is 16.5. The molecule has 2 aliphatic rings. The van der Waals surface area contributed by atoms with Crippen molar-refractivity contribution in [1.82, 2.24) is 4.90 Å². The quantitative estimate of drug-likeness (QED) is 0.507. The maximum atomic E-state index is 12.9. The SMILES string of the molecule is O=C1CCc2cc(OCCCC(=O)N(CCC(O)CO)C3CCCCC3)ccc2N1. The standard InChI is InChI=1S/C23H34N2O5/c26-16-19(27)12-13-25(18-5-2-1-3-6-18)23(29)7-4-14-30-20-9-10-21-17(15-20)8-11-22(28)24-21/h9-10,15,18-19,26-27H,1-8,11-14,16H2,(H,24,28). The Morgan fingerprint density at radius 1 is 1.23 bits per heavy atom. The number of amides is 2. The largest absolute Gasteiger partial charge is 0.494 e. The van der Waals surface area contributed by atoms with Gasteiger partial charge in [0.05, 0.1) is 19.3 Å². The lowest BCUT2D eigenvalue weighted by molar-refractivity contribution is -0.135. The highest BCUT2D eigenvalue weighted by Crippen LogP contribution is 2.27. The van der Waals surface area contributed by atoms with Crippen molar-refractivity contribution in [2.24, 2.45) is 0 Å². The zero-order valence-electron chi connectivity index (χ0n) is 17.6. The molecule has 1 aliphatic heterocycles. The lowest BCUT2D eigenvalue weighted by Crippen LogP contribution is -2.43. The number of rotatable bonds is 10. The smallest absolute Gasteiger partial charge is 0.224 e. The average Bonchev–Trinajstić information content (AvgIpc) is 2.77. The van der Waals surface area contributed by atoms with E-state index in [0.717, 1.165) is 42.7 Å². The van der Waals surface area contributed by atoms with Crippen LogP contribution in [0.1, 0.15) is 63.4 Å². The van der Waals surface area contributed by atoms with Crippen LogP contribution in [-0.2, 0) is 16.0 Å². The lowest BCUT2D eigenvalue weighted by atomic mass is 9.93. The second kappa shape index (κ2) is 11.3. The Morgan fingerprint density at radius 3 is 2.80 bits per heavy atom. The molecule has 1 atom stereocenters. The van der Waals surface area contributed by atoms with E-state index >= 15 is 0 Å². The third-order valence-electron chi connectivity index (χ3n) is 6.03. The van der Waals surface area contributed by atoms with Crippen LogP contribution in [0.25, 0.3) is 0 Å². The average molecular weight is 419 g/mol. The maximum absolute atomic E-state index is 12.9. The fourth-order valence-corrected chi connectivity index (χ4v) is 4.29. The van der Waals surface area contributed by atoms with Gasteiger partial charge in [0.1, 0.15) is 5.75 Å². The Balaban J connectivity index is 1.46. The molecule has 166 valence electrons. The predicted molar refractivity (Wildman–Crippen MR) is 114 cm³/mol. The van der Waals surface area contributed by atoms with Gasteiger partial charge in [-0.05, 0) is 55.9 Å². The van der Waals surface area contributed by atoms with Gasteiger partial charge in [-0.15, -0.1) is 0 Å². The summed E-state index contributed by atoms with van der Waals surface area (Å²) < 4.78 is 5.83. The Labute approximate surface area is 178 Å². The van der Waals surface area contributed by atoms with Gasteiger partial charge in [0.25, 0.3) is 0 Å². The molecule has 1 saturated carbocycles. The minimum Gasteiger partial charge on any atom is -0.494 e. The molecular weight excluding hydrogens is 384 g/mol. The molecule has 0 saturated heterocycles. The van der Waals surface area contributed by atoms with Crippen LogP contribution in [0.4, 0.5) is 5.69 Å². The molecule has 0 bridgehead atoms. The van der Waals surface area contributed by atoms with Crippen molar-refractivity contribution < 1.29 is 24.5 Å². The lowest BCUT2D eigenvalue weighted by Gasteiger charge is -2.35. The minimum absolute atomic E-state index is 0.0451. The van der Waals surface area contributed by atoms with E-state index in [-0.39, 0.29) is 24.5 Å². The first-order chi connectivity index (χ1) is 14.6. The van der Waals surface area contributed by atoms with Crippen LogP contribution >= 0.6 is 0 Å². The van der Waals surface area contributed by atoms with E-state index in [0.29, 0.717) is 45.3 Å². The van der Waals surface area contributed by atoms with Crippen molar-refractivity contribution in [3.8, 4) is 5.75 Å². The molecule has 0 spiro atoms. The van der Waals surface area contributed by atoms with Crippen molar-refractivity contribution in [3.05, 3.63) is 23.8 Å². The highest BCUT2D eigenvalue weighted by Gasteiger charge is 2.25. The summed E-state index contributed by atoms with van der Waals surface area (Å²) in [7, 11) is 0. The molecule has 30 heavy (non-hydrogen) atoms. The number of ether oxygens (including phenoxy) is 1. The van der Waals surface area contributed by atoms with Crippen LogP contribution in [-0.4, -0.2) is 58.8 Å². The van der Waals surface area contributed by atoms with Crippen LogP contribution in [0.2, 0.25) is 0 Å². The van der Waals surface area contributed by atoms with Crippen LogP contribution in [0, 0.1) is 0 Å². The van der Waals surface area contributed by atoms with Gasteiger partial charge in [-0.1, -0.05) is 19.3 Å². The number of fused-ring (bicyclic) bond motifs is 1. The summed E-state index contributed by atoms with van der Waals surface area (Å²) in [6.07, 6.45) is 7.40. The second-order valence-corrected chi connectivity index (χ2v) is 8.32. The van der Waals surface area contributed by atoms with E-state index in [1.807, 2.05) is 23.1 Å². The molecule has 1 aliphatic carbocycles. The number of aryl methyl sites for hydroxylation is 1. The van der Waals surface area contributed by atoms with E-state index in [1.165, 1.54) is 6.42 Å². The molecular formula is C23H34N2O5. The van der Waals surface area contributed by atoms with Gasteiger partial charge in [0.2, 0.25) is 11.8 Å². The Morgan fingerprint density at radius 2 is 2.03 bits per heavy atom. The second-order valence-electron chi connectivity index (χ2n) is 8.32.